The Hall–Kier alpha value is -2.01. The van der Waals surface area contributed by atoms with Crippen LogP contribution in [0.5, 0.6) is 0 Å². The maximum Gasteiger partial charge on any atom is 0.245 e. The largest absolute Gasteiger partial charge is 0.273 e. The van der Waals surface area contributed by atoms with Crippen molar-refractivity contribution in [3.63, 3.8) is 0 Å². The summed E-state index contributed by atoms with van der Waals surface area (Å²) in [5, 5.41) is 5.63. The highest BCUT2D eigenvalue weighted by atomic mass is 32.1. The summed E-state index contributed by atoms with van der Waals surface area (Å²) in [6.45, 7) is 0. The summed E-state index contributed by atoms with van der Waals surface area (Å²) < 4.78 is 13.2. The Morgan fingerprint density at radius 3 is 2.89 bits per heavy atom. The van der Waals surface area contributed by atoms with Crippen molar-refractivity contribution in [3.05, 3.63) is 58.0 Å². The number of hydrazone groups is 1. The number of nitrogens with zero attached hydrogens (tertiary/aromatic N) is 1. The molecule has 0 aliphatic heterocycles. The van der Waals surface area contributed by atoms with E-state index < -0.39 is 0 Å². The first-order chi connectivity index (χ1) is 8.75. The van der Waals surface area contributed by atoms with Crippen molar-refractivity contribution in [3.8, 4) is 0 Å². The fourth-order valence-electron chi connectivity index (χ4n) is 1.36. The van der Waals surface area contributed by atoms with Crippen LogP contribution in [0.1, 0.15) is 10.4 Å². The van der Waals surface area contributed by atoms with Gasteiger partial charge in [-0.15, -0.1) is 11.3 Å². The van der Waals surface area contributed by atoms with Gasteiger partial charge in [-0.2, -0.15) is 5.10 Å². The van der Waals surface area contributed by atoms with Gasteiger partial charge in [-0.3, -0.25) is 4.79 Å². The number of rotatable bonds is 4. The van der Waals surface area contributed by atoms with Gasteiger partial charge in [0.15, 0.2) is 0 Å². The van der Waals surface area contributed by atoms with Crippen LogP contribution in [0.25, 0.3) is 0 Å². The van der Waals surface area contributed by atoms with Crippen LogP contribution in [-0.2, 0) is 11.2 Å². The second kappa shape index (κ2) is 6.07. The lowest BCUT2D eigenvalue weighted by atomic mass is 10.2. The van der Waals surface area contributed by atoms with Crippen LogP contribution in [-0.4, -0.2) is 12.1 Å². The molecule has 1 N–H and O–H groups in total. The molecule has 0 saturated carbocycles. The number of carbonyl (C=O) groups excluding carboxylic acids is 1. The van der Waals surface area contributed by atoms with Crippen LogP contribution < -0.4 is 5.43 Å². The monoisotopic (exact) mass is 262 g/mol. The number of benzene rings is 1. The number of thiophene rings is 1. The summed E-state index contributed by atoms with van der Waals surface area (Å²) in [5.41, 5.74) is 2.71. The van der Waals surface area contributed by atoms with E-state index in [9.17, 15) is 9.18 Å². The quantitative estimate of drug-likeness (QED) is 0.668. The maximum atomic E-state index is 13.2. The normalized spacial score (nSPS) is 10.7. The Kier molecular flexibility index (Phi) is 4.20. The lowest BCUT2D eigenvalue weighted by molar-refractivity contribution is -0.120. The lowest BCUT2D eigenvalue weighted by Crippen LogP contribution is -2.19. The van der Waals surface area contributed by atoms with Gasteiger partial charge in [0, 0.05) is 10.4 Å². The zero-order valence-electron chi connectivity index (χ0n) is 9.47. The Balaban J connectivity index is 1.88. The molecule has 2 aromatic rings. The molecule has 18 heavy (non-hydrogen) atoms. The first-order valence-electron chi connectivity index (χ1n) is 5.34. The van der Waals surface area contributed by atoms with Crippen LogP contribution in [0.15, 0.2) is 46.9 Å². The van der Waals surface area contributed by atoms with Crippen molar-refractivity contribution in [1.29, 1.82) is 0 Å². The highest BCUT2D eigenvalue weighted by Crippen LogP contribution is 2.08. The number of hydrogen-bond acceptors (Lipinski definition) is 3. The third-order valence-corrected chi connectivity index (χ3v) is 3.09. The third kappa shape index (κ3) is 3.49. The molecule has 1 heterocycles. The highest BCUT2D eigenvalue weighted by Gasteiger charge is 2.02. The average molecular weight is 262 g/mol. The Morgan fingerprint density at radius 2 is 2.17 bits per heavy atom. The molecule has 0 saturated heterocycles. The van der Waals surface area contributed by atoms with E-state index >= 15 is 0 Å². The number of carbonyl (C=O) groups is 1. The van der Waals surface area contributed by atoms with Crippen LogP contribution in [0.2, 0.25) is 0 Å². The fourth-order valence-corrected chi connectivity index (χ4v) is 2.07. The minimum Gasteiger partial charge on any atom is -0.273 e. The standard InChI is InChI=1S/C13H11FN2OS/c14-12-6-2-1-4-10(12)9-15-16-13(17)8-11-5-3-7-18-11/h1-7,9H,8H2,(H,16,17)/b15-9-. The number of halogens is 1. The molecule has 1 aromatic carbocycles. The zero-order chi connectivity index (χ0) is 12.8. The molecule has 3 nitrogen and oxygen atoms in total. The van der Waals surface area contributed by atoms with Gasteiger partial charge in [0.1, 0.15) is 5.82 Å². The van der Waals surface area contributed by atoms with Gasteiger partial charge in [-0.1, -0.05) is 24.3 Å². The van der Waals surface area contributed by atoms with Gasteiger partial charge < -0.3 is 0 Å². The Labute approximate surface area is 108 Å². The van der Waals surface area contributed by atoms with E-state index in [0.29, 0.717) is 5.56 Å². The molecule has 92 valence electrons. The predicted molar refractivity (Wildman–Crippen MR) is 70.2 cm³/mol. The maximum absolute atomic E-state index is 13.2. The molecule has 1 amide bonds. The molecule has 0 atom stereocenters. The van der Waals surface area contributed by atoms with Crippen molar-refractivity contribution in [2.24, 2.45) is 5.10 Å². The molecule has 0 radical (unpaired) electrons. The number of amides is 1. The van der Waals surface area contributed by atoms with Gasteiger partial charge in [0.2, 0.25) is 5.91 Å². The molecule has 0 fully saturated rings. The zero-order valence-corrected chi connectivity index (χ0v) is 10.3. The third-order valence-electron chi connectivity index (χ3n) is 2.21. The van der Waals surface area contributed by atoms with Gasteiger partial charge in [0.25, 0.3) is 0 Å². The second-order valence-corrected chi connectivity index (χ2v) is 4.60. The molecule has 0 bridgehead atoms. The van der Waals surface area contributed by atoms with Crippen molar-refractivity contribution in [1.82, 2.24) is 5.43 Å². The number of nitrogens with one attached hydrogen (secondary N) is 1. The highest BCUT2D eigenvalue weighted by molar-refractivity contribution is 7.10. The smallest absolute Gasteiger partial charge is 0.245 e. The van der Waals surface area contributed by atoms with Crippen LogP contribution in [0.3, 0.4) is 0 Å². The summed E-state index contributed by atoms with van der Waals surface area (Å²) in [6, 6.07) is 10.00. The molecule has 0 aliphatic rings. The molecule has 0 spiro atoms. The first kappa shape index (κ1) is 12.4. The summed E-state index contributed by atoms with van der Waals surface area (Å²) in [6.07, 6.45) is 1.58. The fraction of sp³-hybridized carbons (Fsp3) is 0.0769. The van der Waals surface area contributed by atoms with Gasteiger partial charge in [-0.25, -0.2) is 9.82 Å². The van der Waals surface area contributed by atoms with Crippen LogP contribution >= 0.6 is 11.3 Å². The summed E-state index contributed by atoms with van der Waals surface area (Å²) in [7, 11) is 0. The molecule has 5 heteroatoms. The Bertz CT molecular complexity index is 552. The molecular weight excluding hydrogens is 251 g/mol. The van der Waals surface area contributed by atoms with E-state index in [0.717, 1.165) is 4.88 Å². The van der Waals surface area contributed by atoms with Crippen molar-refractivity contribution in [2.45, 2.75) is 6.42 Å². The minimum atomic E-state index is -0.367. The van der Waals surface area contributed by atoms with E-state index in [1.807, 2.05) is 17.5 Å². The number of hydrogen-bond donors (Lipinski definition) is 1. The van der Waals surface area contributed by atoms with Gasteiger partial charge in [0.05, 0.1) is 12.6 Å². The summed E-state index contributed by atoms with van der Waals surface area (Å²) >= 11 is 1.51. The van der Waals surface area contributed by atoms with E-state index in [-0.39, 0.29) is 18.1 Å². The van der Waals surface area contributed by atoms with Crippen molar-refractivity contribution < 1.29 is 9.18 Å². The minimum absolute atomic E-state index is 0.218. The van der Waals surface area contributed by atoms with Crippen LogP contribution in [0, 0.1) is 5.82 Å². The molecule has 0 aliphatic carbocycles. The Morgan fingerprint density at radius 1 is 1.33 bits per heavy atom. The topological polar surface area (TPSA) is 41.5 Å². The van der Waals surface area contributed by atoms with Gasteiger partial charge >= 0.3 is 0 Å². The van der Waals surface area contributed by atoms with Crippen molar-refractivity contribution in [2.75, 3.05) is 0 Å². The molecule has 0 unspecified atom stereocenters. The van der Waals surface area contributed by atoms with E-state index in [1.54, 1.807) is 18.2 Å². The summed E-state index contributed by atoms with van der Waals surface area (Å²) in [4.78, 5) is 12.4. The van der Waals surface area contributed by atoms with E-state index in [2.05, 4.69) is 10.5 Å². The molecular formula is C13H11FN2OS. The predicted octanol–water partition coefficient (Wildman–Crippen LogP) is 2.58. The second-order valence-electron chi connectivity index (χ2n) is 3.57. The average Bonchev–Trinajstić information content (AvgIpc) is 2.84. The van der Waals surface area contributed by atoms with E-state index in [1.165, 1.54) is 23.6 Å². The summed E-state index contributed by atoms with van der Waals surface area (Å²) in [5.74, 6) is -0.584. The first-order valence-corrected chi connectivity index (χ1v) is 6.22. The van der Waals surface area contributed by atoms with Crippen LogP contribution in [0.4, 0.5) is 4.39 Å². The van der Waals surface area contributed by atoms with Crippen molar-refractivity contribution >= 4 is 23.5 Å². The SMILES string of the molecule is O=C(Cc1cccs1)N/N=C\c1ccccc1F. The molecule has 1 aromatic heterocycles. The molecule has 2 rings (SSSR count). The van der Waals surface area contributed by atoms with Gasteiger partial charge in [-0.05, 0) is 17.5 Å². The lowest BCUT2D eigenvalue weighted by Gasteiger charge is -1.98. The van der Waals surface area contributed by atoms with E-state index in [4.69, 9.17) is 0 Å².